The summed E-state index contributed by atoms with van der Waals surface area (Å²) in [6.07, 6.45) is -1.33. The van der Waals surface area contributed by atoms with Crippen LogP contribution >= 0.6 is 0 Å². The van der Waals surface area contributed by atoms with Gasteiger partial charge in [0, 0.05) is 6.61 Å². The molecule has 0 heterocycles. The zero-order chi connectivity index (χ0) is 9.86. The molecule has 8 heteroatoms. The van der Waals surface area contributed by atoms with Crippen molar-refractivity contribution in [1.29, 1.82) is 0 Å². The number of nitrogens with zero attached hydrogens (tertiary/aromatic N) is 1. The minimum absolute atomic E-state index is 0.250. The molecule has 0 aromatic carbocycles. The van der Waals surface area contributed by atoms with Crippen LogP contribution in [-0.2, 0) is 0 Å². The van der Waals surface area contributed by atoms with Gasteiger partial charge in [-0.3, -0.25) is 0 Å². The van der Waals surface area contributed by atoms with Gasteiger partial charge in [-0.05, 0) is 6.92 Å². The minimum Gasteiger partial charge on any atom is -0.465 e. The second kappa shape index (κ2) is 15.8. The molecule has 11 heavy (non-hydrogen) atoms. The number of nitro groups is 1. The van der Waals surface area contributed by atoms with Gasteiger partial charge in [0.15, 0.2) is 5.03 Å². The lowest BCUT2D eigenvalue weighted by molar-refractivity contribution is -0.491. The largest absolute Gasteiger partial charge is 0.465 e. The van der Waals surface area contributed by atoms with E-state index in [1.807, 2.05) is 0 Å². The lowest BCUT2D eigenvalue weighted by Crippen LogP contribution is -2.04. The van der Waals surface area contributed by atoms with Gasteiger partial charge in [0.2, 0.25) is 0 Å². The van der Waals surface area contributed by atoms with E-state index in [1.165, 1.54) is 0 Å². The molecule has 0 saturated carbocycles. The van der Waals surface area contributed by atoms with Gasteiger partial charge in [-0.15, -0.1) is 0 Å². The number of hydrogen-bond donors (Lipinski definition) is 4. The summed E-state index contributed by atoms with van der Waals surface area (Å²) < 4.78 is 0. The molecule has 0 aromatic rings. The number of nitrogens with two attached hydrogens (primary N) is 2. The van der Waals surface area contributed by atoms with Crippen LogP contribution < -0.4 is 11.6 Å². The van der Waals surface area contributed by atoms with E-state index in [9.17, 15) is 0 Å². The Kier molecular flexibility index (Phi) is 23.3. The van der Waals surface area contributed by atoms with Gasteiger partial charge in [0.05, 0.1) is 0 Å². The third-order valence-electron chi connectivity index (χ3n) is 0. The van der Waals surface area contributed by atoms with Crippen molar-refractivity contribution >= 4 is 6.09 Å². The number of amides is 1. The Morgan fingerprint density at radius 1 is 1.73 bits per heavy atom. The van der Waals surface area contributed by atoms with E-state index < -0.39 is 11.1 Å². The summed E-state index contributed by atoms with van der Waals surface area (Å²) in [7, 11) is 0. The zero-order valence-electron chi connectivity index (χ0n) is 5.93. The lowest BCUT2D eigenvalue weighted by atomic mass is 10.9. The topological polar surface area (TPSA) is 153 Å². The molecule has 0 unspecified atom stereocenters. The number of carboxylic acid groups (broad SMARTS) is 1. The Bertz CT molecular complexity index is 85.1. The summed E-state index contributed by atoms with van der Waals surface area (Å²) in [4.78, 5) is 17.4. The van der Waals surface area contributed by atoms with E-state index in [4.69, 9.17) is 25.1 Å². The first-order valence-electron chi connectivity index (χ1n) is 2.36. The second-order valence-corrected chi connectivity index (χ2v) is 0.940. The summed E-state index contributed by atoms with van der Waals surface area (Å²) in [6, 6.07) is 0. The molecule has 68 valence electrons. The Labute approximate surface area is 62.5 Å². The number of aliphatic hydroxyl groups excluding tert-OH is 1. The monoisotopic (exact) mass is 169 g/mol. The summed E-state index contributed by atoms with van der Waals surface area (Å²) in [5, 5.41) is 22.3. The highest BCUT2D eigenvalue weighted by Crippen LogP contribution is 1.34. The van der Waals surface area contributed by atoms with Gasteiger partial charge >= 0.3 is 6.09 Å². The first-order valence-corrected chi connectivity index (χ1v) is 2.36. The molecule has 0 atom stereocenters. The van der Waals surface area contributed by atoms with Crippen LogP contribution in [0.4, 0.5) is 4.79 Å². The molecule has 0 spiro atoms. The van der Waals surface area contributed by atoms with E-state index in [0.29, 0.717) is 0 Å². The van der Waals surface area contributed by atoms with Gasteiger partial charge in [0.25, 0.3) is 0 Å². The summed E-state index contributed by atoms with van der Waals surface area (Å²) >= 11 is 0. The van der Waals surface area contributed by atoms with Crippen molar-refractivity contribution in [3.8, 4) is 0 Å². The maximum atomic E-state index is 8.78. The Hall–Kier alpha value is -1.57. The number of hydrogen-bond acceptors (Lipinski definition) is 4. The van der Waals surface area contributed by atoms with Crippen molar-refractivity contribution in [1.82, 2.24) is 0 Å². The molecule has 6 N–H and O–H groups in total. The second-order valence-electron chi connectivity index (χ2n) is 0.940. The fourth-order valence-corrected chi connectivity index (χ4v) is 0. The quantitative estimate of drug-likeness (QED) is 0.202. The van der Waals surface area contributed by atoms with Crippen molar-refractivity contribution in [2.45, 2.75) is 6.92 Å². The molecule has 0 bridgehead atoms. The summed E-state index contributed by atoms with van der Waals surface area (Å²) in [5.41, 5.74) is 4.03. The van der Waals surface area contributed by atoms with Crippen LogP contribution in [0.2, 0.25) is 0 Å². The number of carbonyl (C=O) groups is 1. The Balaban J connectivity index is -0.0000000886. The van der Waals surface area contributed by atoms with Crippen molar-refractivity contribution in [3.63, 3.8) is 0 Å². The van der Waals surface area contributed by atoms with Crippen LogP contribution in [0, 0.1) is 10.1 Å². The average molecular weight is 169 g/mol. The van der Waals surface area contributed by atoms with Crippen molar-refractivity contribution in [2.24, 2.45) is 11.6 Å². The normalized spacial score (nSPS) is 6.00. The lowest BCUT2D eigenvalue weighted by Gasteiger charge is -1.61. The van der Waals surface area contributed by atoms with Gasteiger partial charge in [0.1, 0.15) is 0 Å². The molecule has 8 nitrogen and oxygen atoms in total. The summed E-state index contributed by atoms with van der Waals surface area (Å²) in [5.74, 6) is 3.83. The van der Waals surface area contributed by atoms with Gasteiger partial charge in [-0.1, -0.05) is 0 Å². The minimum atomic E-state index is -1.33. The maximum absolute atomic E-state index is 8.78. The number of rotatable bonds is 0. The Morgan fingerprint density at radius 2 is 1.73 bits per heavy atom. The third kappa shape index (κ3) is 141. The average Bonchev–Trinajstić information content (AvgIpc) is 1.60. The van der Waals surface area contributed by atoms with E-state index >= 15 is 0 Å². The number of primary amides is 1. The molecule has 0 fully saturated rings. The molecule has 0 aliphatic rings. The van der Waals surface area contributed by atoms with Crippen LogP contribution in [0.5, 0.6) is 0 Å². The van der Waals surface area contributed by atoms with Crippen LogP contribution in [0.1, 0.15) is 6.92 Å². The fraction of sp³-hybridized carbons (Fsp3) is 0.667. The van der Waals surface area contributed by atoms with E-state index in [-0.39, 0.29) is 6.61 Å². The molecule has 0 saturated heterocycles. The van der Waals surface area contributed by atoms with Crippen molar-refractivity contribution in [3.05, 3.63) is 10.1 Å². The predicted molar refractivity (Wildman–Crippen MR) is 36.2 cm³/mol. The highest BCUT2D eigenvalue weighted by atomic mass is 16.7. The standard InChI is InChI=1S/C2H6O.CH3NO2.H2N2O2/c1-2-3;2-1(3)4;1-2(3)4/h3H,2H2,1H3;2H2,(H,3,4);1H2. The van der Waals surface area contributed by atoms with E-state index in [0.717, 1.165) is 0 Å². The molecule has 1 amide bonds. The van der Waals surface area contributed by atoms with Crippen LogP contribution in [-0.4, -0.2) is 27.9 Å². The molecule has 0 aliphatic carbocycles. The molecule has 0 rings (SSSR count). The highest BCUT2D eigenvalue weighted by Gasteiger charge is 1.65. The number of aliphatic hydroxyl groups is 1. The molecule has 0 radical (unpaired) electrons. The Morgan fingerprint density at radius 3 is 1.73 bits per heavy atom. The predicted octanol–water partition coefficient (Wildman–Crippen LogP) is -1.24. The van der Waals surface area contributed by atoms with Gasteiger partial charge in [-0.25, -0.2) is 14.9 Å². The third-order valence-corrected chi connectivity index (χ3v) is 0. The zero-order valence-corrected chi connectivity index (χ0v) is 5.93. The van der Waals surface area contributed by atoms with Gasteiger partial charge in [-0.2, -0.15) is 5.84 Å². The van der Waals surface area contributed by atoms with Crippen LogP contribution in [0.3, 0.4) is 0 Å². The molecule has 0 aliphatic heterocycles. The highest BCUT2D eigenvalue weighted by molar-refractivity contribution is 5.61. The first-order chi connectivity index (χ1) is 4.88. The van der Waals surface area contributed by atoms with E-state index in [2.05, 4.69) is 11.6 Å². The van der Waals surface area contributed by atoms with Crippen LogP contribution in [0.25, 0.3) is 0 Å². The van der Waals surface area contributed by atoms with Crippen molar-refractivity contribution < 1.29 is 20.0 Å². The fourth-order valence-electron chi connectivity index (χ4n) is 0. The summed E-state index contributed by atoms with van der Waals surface area (Å²) in [6.45, 7) is 1.93. The molecule has 0 aromatic heterocycles. The van der Waals surface area contributed by atoms with E-state index in [1.54, 1.807) is 6.92 Å². The SMILES string of the molecule is CCO.NC(=O)O.N[N+](=O)[O-]. The van der Waals surface area contributed by atoms with Crippen LogP contribution in [0.15, 0.2) is 0 Å². The molecular weight excluding hydrogens is 158 g/mol. The number of hydrazine groups is 1. The molecular formula is C3H11N3O5. The van der Waals surface area contributed by atoms with Gasteiger partial charge < -0.3 is 15.9 Å². The maximum Gasteiger partial charge on any atom is 0.402 e. The smallest absolute Gasteiger partial charge is 0.402 e. The first kappa shape index (κ1) is 16.2. The van der Waals surface area contributed by atoms with Crippen molar-refractivity contribution in [2.75, 3.05) is 6.61 Å².